The van der Waals surface area contributed by atoms with Gasteiger partial charge in [0.05, 0.1) is 16.8 Å². The predicted octanol–water partition coefficient (Wildman–Crippen LogP) is 16.0. The highest BCUT2D eigenvalue weighted by Gasteiger charge is 2.62. The van der Waals surface area contributed by atoms with Crippen molar-refractivity contribution in [2.45, 2.75) is 31.6 Å². The molecule has 0 amide bonds. The van der Waals surface area contributed by atoms with Crippen molar-refractivity contribution in [1.29, 1.82) is 0 Å². The molecule has 2 nitrogen and oxygen atoms in total. The van der Waals surface area contributed by atoms with Crippen molar-refractivity contribution in [3.8, 4) is 39.1 Å². The first kappa shape index (κ1) is 40.0. The van der Waals surface area contributed by atoms with Crippen LogP contribution in [0.5, 0.6) is 5.75 Å². The minimum atomic E-state index is -0.443. The Morgan fingerprint density at radius 1 is 0.600 bits per heavy atom. The maximum atomic E-state index is 7.19. The van der Waals surface area contributed by atoms with Crippen molar-refractivity contribution in [3.05, 3.63) is 276 Å². The van der Waals surface area contributed by atoms with Crippen molar-refractivity contribution in [2.75, 3.05) is 0 Å². The Morgan fingerprint density at radius 3 is 1.98 bits per heavy atom. The lowest BCUT2D eigenvalue weighted by atomic mass is 9.52. The topological polar surface area (TPSA) is 21.6 Å². The summed E-state index contributed by atoms with van der Waals surface area (Å²) in [5.74, 6) is 1.92. The number of benzene rings is 7. The van der Waals surface area contributed by atoms with E-state index >= 15 is 0 Å². The van der Waals surface area contributed by atoms with E-state index in [-0.39, 0.29) is 5.41 Å². The van der Waals surface area contributed by atoms with Gasteiger partial charge < -0.3 is 4.74 Å². The van der Waals surface area contributed by atoms with E-state index < -0.39 is 5.41 Å². The zero-order valence-electron chi connectivity index (χ0n) is 36.7. The van der Waals surface area contributed by atoms with Crippen molar-refractivity contribution in [3.63, 3.8) is 0 Å². The second-order valence-electron chi connectivity index (χ2n) is 17.6. The van der Waals surface area contributed by atoms with E-state index in [0.717, 1.165) is 81.0 Å². The van der Waals surface area contributed by atoms with E-state index in [2.05, 4.69) is 202 Å². The minimum Gasteiger partial charge on any atom is -0.460 e. The minimum absolute atomic E-state index is 0.331. The lowest BCUT2D eigenvalue weighted by Gasteiger charge is -2.53. The summed E-state index contributed by atoms with van der Waals surface area (Å²) in [6.07, 6.45) is 20.5. The molecule has 65 heavy (non-hydrogen) atoms. The average Bonchev–Trinajstić information content (AvgIpc) is 3.67. The fraction of sp³-hybridized carbons (Fsp3) is 0.0952. The Kier molecular flexibility index (Phi) is 10.1. The summed E-state index contributed by atoms with van der Waals surface area (Å²) in [6.45, 7) is 11.1. The molecule has 1 unspecified atom stereocenters. The third-order valence-corrected chi connectivity index (χ3v) is 14.0. The summed E-state index contributed by atoms with van der Waals surface area (Å²) >= 11 is 0. The van der Waals surface area contributed by atoms with Gasteiger partial charge in [0, 0.05) is 22.1 Å². The first-order valence-electron chi connectivity index (χ1n) is 22.7. The van der Waals surface area contributed by atoms with Gasteiger partial charge in [-0.15, -0.1) is 0 Å². The van der Waals surface area contributed by atoms with Crippen LogP contribution in [0, 0.1) is 5.41 Å². The highest BCUT2D eigenvalue weighted by molar-refractivity contribution is 6.15. The van der Waals surface area contributed by atoms with Crippen LogP contribution in [-0.2, 0) is 5.41 Å². The molecule has 0 fully saturated rings. The van der Waals surface area contributed by atoms with Gasteiger partial charge in [0.1, 0.15) is 11.5 Å². The lowest BCUT2D eigenvalue weighted by molar-refractivity contribution is 0.154. The zero-order valence-corrected chi connectivity index (χ0v) is 36.7. The largest absolute Gasteiger partial charge is 0.460 e. The molecule has 0 saturated carbocycles. The van der Waals surface area contributed by atoms with Crippen molar-refractivity contribution in [2.24, 2.45) is 10.4 Å². The molecule has 1 heterocycles. The van der Waals surface area contributed by atoms with Crippen molar-refractivity contribution < 1.29 is 4.74 Å². The van der Waals surface area contributed by atoms with Gasteiger partial charge >= 0.3 is 0 Å². The van der Waals surface area contributed by atoms with Crippen LogP contribution >= 0.6 is 0 Å². The van der Waals surface area contributed by atoms with Gasteiger partial charge in [0.2, 0.25) is 0 Å². The van der Waals surface area contributed by atoms with Gasteiger partial charge in [-0.25, -0.2) is 4.99 Å². The number of hydrogen-bond donors (Lipinski definition) is 0. The highest BCUT2D eigenvalue weighted by Crippen LogP contribution is 2.68. The van der Waals surface area contributed by atoms with E-state index in [4.69, 9.17) is 9.73 Å². The van der Waals surface area contributed by atoms with Crippen LogP contribution in [0.3, 0.4) is 0 Å². The fourth-order valence-electron chi connectivity index (χ4n) is 10.8. The van der Waals surface area contributed by atoms with Crippen molar-refractivity contribution >= 4 is 22.6 Å². The Bertz CT molecular complexity index is 3200. The van der Waals surface area contributed by atoms with E-state index in [9.17, 15) is 0 Å². The highest BCUT2D eigenvalue weighted by atomic mass is 16.5. The summed E-state index contributed by atoms with van der Waals surface area (Å²) in [5, 5.41) is 0. The molecule has 312 valence electrons. The normalized spacial score (nSPS) is 17.8. The number of fused-ring (bicyclic) bond motifs is 9. The summed E-state index contributed by atoms with van der Waals surface area (Å²) in [4.78, 5) is 5.16. The molecule has 2 heteroatoms. The second kappa shape index (κ2) is 16.4. The maximum Gasteiger partial charge on any atom is 0.139 e. The molecule has 4 aliphatic rings. The van der Waals surface area contributed by atoms with E-state index in [1.165, 1.54) is 39.0 Å². The van der Waals surface area contributed by atoms with Crippen LogP contribution in [0.15, 0.2) is 242 Å². The number of hydrogen-bond acceptors (Lipinski definition) is 2. The summed E-state index contributed by atoms with van der Waals surface area (Å²) in [7, 11) is 0. The molecule has 1 spiro atoms. The Balaban J connectivity index is 0.991. The van der Waals surface area contributed by atoms with E-state index in [0.29, 0.717) is 5.70 Å². The quantitative estimate of drug-likeness (QED) is 0.105. The maximum absolute atomic E-state index is 7.19. The number of rotatable bonds is 9. The fourth-order valence-corrected chi connectivity index (χ4v) is 10.8. The van der Waals surface area contributed by atoms with Crippen LogP contribution in [0.1, 0.15) is 65.1 Å². The first-order chi connectivity index (χ1) is 32.0. The van der Waals surface area contributed by atoms with Crippen LogP contribution in [0.25, 0.3) is 50.2 Å². The van der Waals surface area contributed by atoms with Crippen LogP contribution < -0.4 is 4.74 Å². The molecular weight excluding hydrogens is 787 g/mol. The van der Waals surface area contributed by atoms with Gasteiger partial charge in [0.15, 0.2) is 0 Å². The molecule has 0 aromatic heterocycles. The summed E-state index contributed by atoms with van der Waals surface area (Å²) < 4.78 is 7.19. The Labute approximate surface area is 383 Å². The third kappa shape index (κ3) is 6.68. The molecule has 11 rings (SSSR count). The van der Waals surface area contributed by atoms with E-state index in [1.807, 2.05) is 36.4 Å². The van der Waals surface area contributed by atoms with E-state index in [1.54, 1.807) is 0 Å². The SMILES string of the molecule is C=C/C(=C\C(=NC(=C)c1ccccc1)c1ccc(C2=CCCC=C2)cc1)c1cccc(-c2cccc(-c3cccc4c3OC3=CC=CCC3(C)C43c4ccccc4-c4ccccc43)c2)c1. The second-order valence-corrected chi connectivity index (χ2v) is 17.6. The molecular formula is C63H49NO. The number of allylic oxidation sites excluding steroid dienone is 11. The van der Waals surface area contributed by atoms with Gasteiger partial charge in [-0.3, -0.25) is 0 Å². The Hall–Kier alpha value is -7.81. The van der Waals surface area contributed by atoms with Gasteiger partial charge in [-0.2, -0.15) is 0 Å². The standard InChI is InChI=1S/C63H49NO/c1-4-44(42-59(64-43(2)45-20-7-5-8-21-45)48-37-35-47(36-38-48)46-22-9-6-10-23-46)49-24-17-25-50(40-49)51-26-18-27-52(41-51)53-30-19-33-58-61(53)65-60-34-15-16-39-62(60,3)63(58)56-31-13-11-28-54(56)55-29-12-14-32-57(55)63/h4-5,7-9,11-38,40-42H,1-2,6,10,39H2,3H3/b44-42+,64-59?. The molecule has 0 radical (unpaired) electrons. The monoisotopic (exact) mass is 835 g/mol. The van der Waals surface area contributed by atoms with Crippen LogP contribution in [-0.4, -0.2) is 5.71 Å². The smallest absolute Gasteiger partial charge is 0.139 e. The molecule has 1 aliphatic heterocycles. The molecule has 0 bridgehead atoms. The van der Waals surface area contributed by atoms with Crippen LogP contribution in [0.2, 0.25) is 0 Å². The predicted molar refractivity (Wildman–Crippen MR) is 273 cm³/mol. The number of para-hydroxylation sites is 1. The van der Waals surface area contributed by atoms with Gasteiger partial charge in [-0.05, 0) is 110 Å². The zero-order chi connectivity index (χ0) is 44.0. The summed E-state index contributed by atoms with van der Waals surface area (Å²) in [6, 6.07) is 61.2. The van der Waals surface area contributed by atoms with Gasteiger partial charge in [-0.1, -0.05) is 214 Å². The van der Waals surface area contributed by atoms with Gasteiger partial charge in [0.25, 0.3) is 0 Å². The number of ether oxygens (including phenoxy) is 1. The number of nitrogens with zero attached hydrogens (tertiary/aromatic N) is 1. The Morgan fingerprint density at radius 2 is 1.25 bits per heavy atom. The molecule has 7 aromatic carbocycles. The molecule has 1 atom stereocenters. The van der Waals surface area contributed by atoms with Crippen molar-refractivity contribution in [1.82, 2.24) is 0 Å². The first-order valence-corrected chi connectivity index (χ1v) is 22.7. The van der Waals surface area contributed by atoms with Crippen LogP contribution in [0.4, 0.5) is 0 Å². The average molecular weight is 836 g/mol. The lowest BCUT2D eigenvalue weighted by Crippen LogP contribution is -2.50. The summed E-state index contributed by atoms with van der Waals surface area (Å²) in [5.41, 5.74) is 18.1. The third-order valence-electron chi connectivity index (χ3n) is 14.0. The molecule has 3 aliphatic carbocycles. The molecule has 0 saturated heterocycles. The molecule has 7 aromatic rings. The number of aliphatic imine (C=N–C) groups is 1. The molecule has 0 N–H and O–H groups in total.